The van der Waals surface area contributed by atoms with Crippen molar-refractivity contribution in [2.75, 3.05) is 6.54 Å². The van der Waals surface area contributed by atoms with Crippen LogP contribution in [-0.4, -0.2) is 45.5 Å². The highest BCUT2D eigenvalue weighted by Crippen LogP contribution is 2.22. The summed E-state index contributed by atoms with van der Waals surface area (Å²) in [4.78, 5) is 4.66. The molecule has 1 aromatic heterocycles. The number of rotatable bonds is 7. The molecule has 2 rings (SSSR count). The van der Waals surface area contributed by atoms with Crippen LogP contribution in [0.1, 0.15) is 51.2 Å². The number of hydrogen-bond donors (Lipinski definition) is 2. The van der Waals surface area contributed by atoms with E-state index in [1.165, 1.54) is 0 Å². The average molecular weight is 348 g/mol. The molecule has 1 heterocycles. The number of nitrogens with zero attached hydrogens (tertiary/aromatic N) is 4. The summed E-state index contributed by atoms with van der Waals surface area (Å²) in [6.45, 7) is 11.1. The van der Waals surface area contributed by atoms with Gasteiger partial charge in [0.2, 0.25) is 0 Å². The number of aliphatic imine (C=N–C) groups is 1. The largest absolute Gasteiger partial charge is 0.376 e. The minimum Gasteiger partial charge on any atom is -0.376 e. The number of ether oxygens (including phenoxy) is 1. The van der Waals surface area contributed by atoms with Gasteiger partial charge in [-0.2, -0.15) is 0 Å². The third-order valence-corrected chi connectivity index (χ3v) is 4.45. The van der Waals surface area contributed by atoms with Crippen molar-refractivity contribution in [3.63, 3.8) is 0 Å². The maximum Gasteiger partial charge on any atom is 0.192 e. The molecule has 1 aromatic rings. The van der Waals surface area contributed by atoms with Gasteiger partial charge in [0.25, 0.3) is 0 Å². The zero-order valence-electron chi connectivity index (χ0n) is 16.0. The zero-order valence-corrected chi connectivity index (χ0v) is 16.0. The summed E-state index contributed by atoms with van der Waals surface area (Å²) in [7, 11) is 1.96. The highest BCUT2D eigenvalue weighted by molar-refractivity contribution is 5.80. The summed E-state index contributed by atoms with van der Waals surface area (Å²) in [5.74, 6) is 2.54. The molecule has 1 fully saturated rings. The Bertz CT molecular complexity index is 572. The van der Waals surface area contributed by atoms with Crippen molar-refractivity contribution >= 4 is 5.96 Å². The lowest BCUT2D eigenvalue weighted by atomic mass is 9.93. The van der Waals surface area contributed by atoms with Gasteiger partial charge >= 0.3 is 0 Å². The molecule has 0 unspecified atom stereocenters. The van der Waals surface area contributed by atoms with Gasteiger partial charge in [0.15, 0.2) is 11.8 Å². The van der Waals surface area contributed by atoms with Crippen LogP contribution in [0.4, 0.5) is 0 Å². The smallest absolute Gasteiger partial charge is 0.192 e. The predicted molar refractivity (Wildman–Crippen MR) is 100 cm³/mol. The van der Waals surface area contributed by atoms with Crippen molar-refractivity contribution in [3.05, 3.63) is 24.3 Å². The van der Waals surface area contributed by atoms with E-state index in [1.807, 2.05) is 24.6 Å². The van der Waals surface area contributed by atoms with Crippen LogP contribution in [0.2, 0.25) is 0 Å². The molecule has 1 saturated carbocycles. The Balaban J connectivity index is 1.90. The number of nitrogens with one attached hydrogen (secondary N) is 2. The summed E-state index contributed by atoms with van der Waals surface area (Å²) < 4.78 is 7.89. The van der Waals surface area contributed by atoms with Gasteiger partial charge in [0.1, 0.15) is 12.4 Å². The molecule has 0 bridgehead atoms. The third-order valence-electron chi connectivity index (χ3n) is 4.45. The van der Waals surface area contributed by atoms with E-state index in [2.05, 4.69) is 46.2 Å². The third kappa shape index (κ3) is 6.16. The summed E-state index contributed by atoms with van der Waals surface area (Å²) in [6.07, 6.45) is 6.89. The van der Waals surface area contributed by atoms with Crippen molar-refractivity contribution in [2.45, 2.75) is 71.2 Å². The van der Waals surface area contributed by atoms with Gasteiger partial charge in [0, 0.05) is 19.6 Å². The van der Waals surface area contributed by atoms with Crippen LogP contribution in [0.5, 0.6) is 0 Å². The highest BCUT2D eigenvalue weighted by atomic mass is 16.5. The monoisotopic (exact) mass is 348 g/mol. The molecule has 140 valence electrons. The van der Waals surface area contributed by atoms with E-state index in [9.17, 15) is 0 Å². The quantitative estimate of drug-likeness (QED) is 0.448. The van der Waals surface area contributed by atoms with E-state index in [-0.39, 0.29) is 0 Å². The van der Waals surface area contributed by atoms with Gasteiger partial charge < -0.3 is 19.9 Å². The molecule has 0 radical (unpaired) electrons. The van der Waals surface area contributed by atoms with Gasteiger partial charge in [-0.25, -0.2) is 4.99 Å². The average Bonchev–Trinajstić information content (AvgIpc) is 2.90. The number of guanidine groups is 1. The second-order valence-electron chi connectivity index (χ2n) is 6.86. The van der Waals surface area contributed by atoms with Crippen molar-refractivity contribution in [2.24, 2.45) is 12.0 Å². The Morgan fingerprint density at radius 1 is 1.36 bits per heavy atom. The fraction of sp³-hybridized carbons (Fsp3) is 0.722. The fourth-order valence-corrected chi connectivity index (χ4v) is 2.98. The summed E-state index contributed by atoms with van der Waals surface area (Å²) in [5, 5.41) is 15.1. The molecule has 2 N–H and O–H groups in total. The summed E-state index contributed by atoms with van der Waals surface area (Å²) >= 11 is 0. The van der Waals surface area contributed by atoms with Crippen molar-refractivity contribution in [3.8, 4) is 0 Å². The first kappa shape index (κ1) is 19.4. The van der Waals surface area contributed by atoms with E-state index in [1.54, 1.807) is 0 Å². The molecule has 0 aliphatic heterocycles. The molecular formula is C18H32N6O. The first-order valence-corrected chi connectivity index (χ1v) is 9.15. The zero-order chi connectivity index (χ0) is 18.2. The minimum atomic E-state index is 0.302. The van der Waals surface area contributed by atoms with E-state index >= 15 is 0 Å². The lowest BCUT2D eigenvalue weighted by molar-refractivity contribution is -0.0152. The van der Waals surface area contributed by atoms with Crippen molar-refractivity contribution < 1.29 is 4.74 Å². The van der Waals surface area contributed by atoms with E-state index in [0.29, 0.717) is 31.3 Å². The van der Waals surface area contributed by atoms with Gasteiger partial charge in [-0.15, -0.1) is 16.8 Å². The van der Waals surface area contributed by atoms with Gasteiger partial charge in [-0.05, 0) is 46.5 Å². The Morgan fingerprint density at radius 3 is 2.64 bits per heavy atom. The summed E-state index contributed by atoms with van der Waals surface area (Å²) in [6, 6.07) is 0.421. The Labute approximate surface area is 151 Å². The molecular weight excluding hydrogens is 316 g/mol. The number of aromatic nitrogens is 3. The molecule has 0 saturated heterocycles. The van der Waals surface area contributed by atoms with Gasteiger partial charge in [0.05, 0.1) is 12.2 Å². The predicted octanol–water partition coefficient (Wildman–Crippen LogP) is 2.08. The first-order valence-electron chi connectivity index (χ1n) is 9.15. The molecule has 1 aliphatic rings. The topological polar surface area (TPSA) is 76.4 Å². The molecule has 7 nitrogen and oxygen atoms in total. The number of aryl methyl sites for hydroxylation is 1. The lowest BCUT2D eigenvalue weighted by Crippen LogP contribution is -2.45. The molecule has 25 heavy (non-hydrogen) atoms. The van der Waals surface area contributed by atoms with Crippen LogP contribution in [-0.2, 0) is 18.3 Å². The highest BCUT2D eigenvalue weighted by Gasteiger charge is 2.23. The Morgan fingerprint density at radius 2 is 2.08 bits per heavy atom. The second kappa shape index (κ2) is 9.56. The van der Waals surface area contributed by atoms with Gasteiger partial charge in [-0.3, -0.25) is 0 Å². The van der Waals surface area contributed by atoms with Crippen LogP contribution in [0.3, 0.4) is 0 Å². The lowest BCUT2D eigenvalue weighted by Gasteiger charge is -2.31. The van der Waals surface area contributed by atoms with E-state index in [4.69, 9.17) is 4.74 Å². The molecule has 0 spiro atoms. The maximum absolute atomic E-state index is 5.93. The normalized spacial score (nSPS) is 21.4. The van der Waals surface area contributed by atoms with Crippen LogP contribution in [0.25, 0.3) is 0 Å². The number of hydrogen-bond acceptors (Lipinski definition) is 4. The molecule has 7 heteroatoms. The Kier molecular flexibility index (Phi) is 7.43. The van der Waals surface area contributed by atoms with Crippen LogP contribution in [0, 0.1) is 6.92 Å². The van der Waals surface area contributed by atoms with Crippen molar-refractivity contribution in [1.29, 1.82) is 0 Å². The van der Waals surface area contributed by atoms with Crippen molar-refractivity contribution in [1.82, 2.24) is 25.4 Å². The SMILES string of the molecule is C=CCNC(=NCc1nnc(C)n1C)NC1CCC(OC(C)C)CC1. The summed E-state index contributed by atoms with van der Waals surface area (Å²) in [5.41, 5.74) is 0. The second-order valence-corrected chi connectivity index (χ2v) is 6.86. The maximum atomic E-state index is 5.93. The van der Waals surface area contributed by atoms with Crippen LogP contribution in [0.15, 0.2) is 17.6 Å². The van der Waals surface area contributed by atoms with Crippen LogP contribution >= 0.6 is 0 Å². The molecule has 0 amide bonds. The molecule has 0 aromatic carbocycles. The minimum absolute atomic E-state index is 0.302. The van der Waals surface area contributed by atoms with E-state index < -0.39 is 0 Å². The fourth-order valence-electron chi connectivity index (χ4n) is 2.98. The van der Waals surface area contributed by atoms with Crippen LogP contribution < -0.4 is 10.6 Å². The van der Waals surface area contributed by atoms with E-state index in [0.717, 1.165) is 43.3 Å². The first-order chi connectivity index (χ1) is 12.0. The van der Waals surface area contributed by atoms with Gasteiger partial charge in [-0.1, -0.05) is 6.08 Å². The Hall–Kier alpha value is -1.89. The standard InChI is InChI=1S/C18H32N6O/c1-6-11-19-18(20-12-17-23-22-14(4)24(17)5)21-15-7-9-16(10-8-15)25-13(2)3/h6,13,15-16H,1,7-12H2,2-5H3,(H2,19,20,21). The molecule has 0 atom stereocenters. The molecule has 1 aliphatic carbocycles.